The molecule has 2 aromatic heterocycles. The molecule has 0 unspecified atom stereocenters. The van der Waals surface area contributed by atoms with Gasteiger partial charge in [-0.05, 0) is 42.0 Å². The lowest BCUT2D eigenvalue weighted by atomic mass is 9.98. The first-order chi connectivity index (χ1) is 14.8. The zero-order chi connectivity index (χ0) is 22.5. The van der Waals surface area contributed by atoms with E-state index in [1.807, 2.05) is 57.2 Å². The molecule has 7 heteroatoms. The van der Waals surface area contributed by atoms with Gasteiger partial charge in [-0.1, -0.05) is 52.0 Å². The summed E-state index contributed by atoms with van der Waals surface area (Å²) in [5.41, 5.74) is 3.78. The molecule has 3 rings (SSSR count). The normalized spacial score (nSPS) is 11.1. The molecule has 1 amide bonds. The maximum Gasteiger partial charge on any atom is 0.342 e. The summed E-state index contributed by atoms with van der Waals surface area (Å²) in [5.74, 6) is -0.100. The fourth-order valence-electron chi connectivity index (χ4n) is 3.46. The largest absolute Gasteiger partial charge is 0.452 e. The minimum atomic E-state index is -0.588. The van der Waals surface area contributed by atoms with Gasteiger partial charge < -0.3 is 10.1 Å². The Morgan fingerprint density at radius 1 is 1.06 bits per heavy atom. The summed E-state index contributed by atoms with van der Waals surface area (Å²) >= 11 is 0. The number of nitrogens with one attached hydrogen (secondary N) is 1. The molecule has 0 fully saturated rings. The number of ether oxygens (including phenoxy) is 1. The first kappa shape index (κ1) is 22.2. The van der Waals surface area contributed by atoms with E-state index in [9.17, 15) is 9.59 Å². The SMILES string of the molecule is Cc1cccc(C(C)C)c1NC(=O)COC(=O)c1cnn(-c2ccccn2)c1C(C)C. The number of benzene rings is 1. The number of hydrogen-bond donors (Lipinski definition) is 1. The Bertz CT molecular complexity index is 1070. The predicted octanol–water partition coefficient (Wildman–Crippen LogP) is 4.62. The van der Waals surface area contributed by atoms with E-state index in [4.69, 9.17) is 4.74 Å². The molecule has 1 aromatic carbocycles. The Morgan fingerprint density at radius 3 is 2.48 bits per heavy atom. The van der Waals surface area contributed by atoms with Gasteiger partial charge in [-0.3, -0.25) is 4.79 Å². The third-order valence-electron chi connectivity index (χ3n) is 4.97. The van der Waals surface area contributed by atoms with Crippen LogP contribution in [-0.4, -0.2) is 33.2 Å². The number of rotatable bonds is 7. The summed E-state index contributed by atoms with van der Waals surface area (Å²) in [4.78, 5) is 29.5. The van der Waals surface area contributed by atoms with Crippen molar-refractivity contribution in [3.05, 3.63) is 71.2 Å². The van der Waals surface area contributed by atoms with Crippen molar-refractivity contribution in [2.45, 2.75) is 46.5 Å². The maximum atomic E-state index is 12.7. The summed E-state index contributed by atoms with van der Waals surface area (Å²) in [6.07, 6.45) is 3.13. The molecule has 0 radical (unpaired) electrons. The van der Waals surface area contributed by atoms with Crippen molar-refractivity contribution < 1.29 is 14.3 Å². The Balaban J connectivity index is 1.74. The van der Waals surface area contributed by atoms with Gasteiger partial charge in [0.05, 0.1) is 11.9 Å². The van der Waals surface area contributed by atoms with Gasteiger partial charge in [0.2, 0.25) is 0 Å². The van der Waals surface area contributed by atoms with Gasteiger partial charge in [-0.2, -0.15) is 5.10 Å². The van der Waals surface area contributed by atoms with Gasteiger partial charge in [0.1, 0.15) is 5.56 Å². The van der Waals surface area contributed by atoms with Crippen LogP contribution in [0.3, 0.4) is 0 Å². The lowest BCUT2D eigenvalue weighted by Gasteiger charge is -2.16. The molecule has 0 saturated carbocycles. The van der Waals surface area contributed by atoms with Crippen LogP contribution in [0.15, 0.2) is 48.8 Å². The molecule has 2 heterocycles. The summed E-state index contributed by atoms with van der Waals surface area (Å²) < 4.78 is 6.95. The van der Waals surface area contributed by atoms with Gasteiger partial charge in [0.25, 0.3) is 5.91 Å². The Hall–Kier alpha value is -3.48. The van der Waals surface area contributed by atoms with E-state index in [-0.39, 0.29) is 24.3 Å². The van der Waals surface area contributed by atoms with Gasteiger partial charge in [0.15, 0.2) is 12.4 Å². The molecule has 31 heavy (non-hydrogen) atoms. The number of aryl methyl sites for hydroxylation is 1. The van der Waals surface area contributed by atoms with E-state index >= 15 is 0 Å². The van der Waals surface area contributed by atoms with Crippen LogP contribution in [0.5, 0.6) is 0 Å². The van der Waals surface area contributed by atoms with E-state index in [1.165, 1.54) is 6.20 Å². The second-order valence-corrected chi connectivity index (χ2v) is 8.02. The Kier molecular flexibility index (Phi) is 6.84. The zero-order valence-corrected chi connectivity index (χ0v) is 18.5. The minimum absolute atomic E-state index is 0.00134. The third-order valence-corrected chi connectivity index (χ3v) is 4.97. The van der Waals surface area contributed by atoms with Crippen molar-refractivity contribution in [2.24, 2.45) is 0 Å². The molecular weight excluding hydrogens is 392 g/mol. The smallest absolute Gasteiger partial charge is 0.342 e. The molecule has 0 atom stereocenters. The maximum absolute atomic E-state index is 12.7. The Labute approximate surface area is 182 Å². The van der Waals surface area contributed by atoms with E-state index in [2.05, 4.69) is 29.2 Å². The fourth-order valence-corrected chi connectivity index (χ4v) is 3.46. The molecule has 3 aromatic rings. The number of esters is 1. The molecular formula is C24H28N4O3. The van der Waals surface area contributed by atoms with Crippen LogP contribution in [0.1, 0.15) is 66.7 Å². The third kappa shape index (κ3) is 4.99. The zero-order valence-electron chi connectivity index (χ0n) is 18.5. The summed E-state index contributed by atoms with van der Waals surface area (Å²) in [7, 11) is 0. The second kappa shape index (κ2) is 9.55. The average molecular weight is 421 g/mol. The van der Waals surface area contributed by atoms with Gasteiger partial charge in [-0.25, -0.2) is 14.5 Å². The number of para-hydroxylation sites is 1. The lowest BCUT2D eigenvalue weighted by molar-refractivity contribution is -0.119. The van der Waals surface area contributed by atoms with E-state index in [1.54, 1.807) is 10.9 Å². The lowest BCUT2D eigenvalue weighted by Crippen LogP contribution is -2.22. The number of hydrogen-bond acceptors (Lipinski definition) is 5. The summed E-state index contributed by atoms with van der Waals surface area (Å²) in [6.45, 7) is 9.62. The van der Waals surface area contributed by atoms with Crippen molar-refractivity contribution in [2.75, 3.05) is 11.9 Å². The molecule has 0 saturated heterocycles. The highest BCUT2D eigenvalue weighted by molar-refractivity contribution is 5.97. The molecule has 162 valence electrons. The van der Waals surface area contributed by atoms with Crippen molar-refractivity contribution in [3.8, 4) is 5.82 Å². The van der Waals surface area contributed by atoms with Crippen LogP contribution in [0.2, 0.25) is 0 Å². The number of carbonyl (C=O) groups is 2. The number of anilines is 1. The van der Waals surface area contributed by atoms with Crippen LogP contribution in [0, 0.1) is 6.92 Å². The highest BCUT2D eigenvalue weighted by atomic mass is 16.5. The van der Waals surface area contributed by atoms with Crippen LogP contribution < -0.4 is 5.32 Å². The number of nitrogens with zero attached hydrogens (tertiary/aromatic N) is 3. The quantitative estimate of drug-likeness (QED) is 0.564. The molecule has 0 aliphatic heterocycles. The number of carbonyl (C=O) groups excluding carboxylic acids is 2. The monoisotopic (exact) mass is 420 g/mol. The highest BCUT2D eigenvalue weighted by Gasteiger charge is 2.23. The molecule has 0 spiro atoms. The van der Waals surface area contributed by atoms with Crippen molar-refractivity contribution >= 4 is 17.6 Å². The summed E-state index contributed by atoms with van der Waals surface area (Å²) in [6, 6.07) is 11.4. The van der Waals surface area contributed by atoms with E-state index < -0.39 is 5.97 Å². The van der Waals surface area contributed by atoms with Crippen molar-refractivity contribution in [1.29, 1.82) is 0 Å². The minimum Gasteiger partial charge on any atom is -0.452 e. The highest BCUT2D eigenvalue weighted by Crippen LogP contribution is 2.27. The van der Waals surface area contributed by atoms with Crippen molar-refractivity contribution in [1.82, 2.24) is 14.8 Å². The molecule has 7 nitrogen and oxygen atoms in total. The number of pyridine rings is 1. The first-order valence-electron chi connectivity index (χ1n) is 10.3. The topological polar surface area (TPSA) is 86.1 Å². The Morgan fingerprint density at radius 2 is 1.84 bits per heavy atom. The molecule has 0 bridgehead atoms. The molecule has 1 N–H and O–H groups in total. The van der Waals surface area contributed by atoms with Crippen LogP contribution >= 0.6 is 0 Å². The average Bonchev–Trinajstić information content (AvgIpc) is 3.19. The van der Waals surface area contributed by atoms with Crippen LogP contribution in [-0.2, 0) is 9.53 Å². The van der Waals surface area contributed by atoms with Gasteiger partial charge >= 0.3 is 5.97 Å². The van der Waals surface area contributed by atoms with Crippen LogP contribution in [0.25, 0.3) is 5.82 Å². The fraction of sp³-hybridized carbons (Fsp3) is 0.333. The van der Waals surface area contributed by atoms with Crippen molar-refractivity contribution in [3.63, 3.8) is 0 Å². The van der Waals surface area contributed by atoms with Gasteiger partial charge in [0, 0.05) is 11.9 Å². The number of aromatic nitrogens is 3. The predicted molar refractivity (Wildman–Crippen MR) is 120 cm³/mol. The van der Waals surface area contributed by atoms with E-state index in [0.29, 0.717) is 17.1 Å². The molecule has 0 aliphatic rings. The summed E-state index contributed by atoms with van der Waals surface area (Å²) in [5, 5.41) is 7.21. The number of amides is 1. The standard InChI is InChI=1S/C24H28N4O3/c1-15(2)18-10-8-9-17(5)22(18)27-21(29)14-31-24(30)19-13-26-28(23(19)16(3)4)20-11-6-7-12-25-20/h6-13,15-16H,14H2,1-5H3,(H,27,29). The second-order valence-electron chi connectivity index (χ2n) is 8.02. The van der Waals surface area contributed by atoms with Gasteiger partial charge in [-0.15, -0.1) is 0 Å². The van der Waals surface area contributed by atoms with E-state index in [0.717, 1.165) is 16.8 Å². The first-order valence-corrected chi connectivity index (χ1v) is 10.3. The van der Waals surface area contributed by atoms with Crippen LogP contribution in [0.4, 0.5) is 5.69 Å². The molecule has 0 aliphatic carbocycles.